The lowest BCUT2D eigenvalue weighted by atomic mass is 10.3. The molecule has 1 saturated carbocycles. The van der Waals surface area contributed by atoms with E-state index in [0.29, 0.717) is 11.0 Å². The van der Waals surface area contributed by atoms with Gasteiger partial charge in [0.25, 0.3) is 0 Å². The molecule has 3 nitrogen and oxygen atoms in total. The summed E-state index contributed by atoms with van der Waals surface area (Å²) >= 11 is 3.12. The van der Waals surface area contributed by atoms with Gasteiger partial charge in [-0.1, -0.05) is 22.9 Å². The van der Waals surface area contributed by atoms with Crippen molar-refractivity contribution in [1.29, 1.82) is 0 Å². The number of rotatable bonds is 5. The summed E-state index contributed by atoms with van der Waals surface area (Å²) in [5, 5.41) is 0. The van der Waals surface area contributed by atoms with Crippen LogP contribution in [-0.4, -0.2) is 25.3 Å². The van der Waals surface area contributed by atoms with Gasteiger partial charge < -0.3 is 0 Å². The second-order valence-electron chi connectivity index (χ2n) is 4.42. The number of halogens is 2. The summed E-state index contributed by atoms with van der Waals surface area (Å²) in [5.41, 5.74) is 0. The van der Waals surface area contributed by atoms with E-state index in [1.807, 2.05) is 6.92 Å². The quantitative estimate of drug-likeness (QED) is 0.828. The van der Waals surface area contributed by atoms with Gasteiger partial charge in [0.05, 0.1) is 0 Å². The highest BCUT2D eigenvalue weighted by Gasteiger charge is 2.38. The van der Waals surface area contributed by atoms with Gasteiger partial charge in [0.15, 0.2) is 0 Å². The summed E-state index contributed by atoms with van der Waals surface area (Å²) in [6.45, 7) is 2.37. The third-order valence-electron chi connectivity index (χ3n) is 2.88. The third kappa shape index (κ3) is 2.75. The first-order valence-electron chi connectivity index (χ1n) is 5.93. The van der Waals surface area contributed by atoms with Gasteiger partial charge in [-0.3, -0.25) is 0 Å². The maximum Gasteiger partial charge on any atom is 0.246 e. The molecule has 0 unspecified atom stereocenters. The molecule has 0 N–H and O–H groups in total. The number of sulfonamides is 1. The average Bonchev–Trinajstić information content (AvgIpc) is 3.08. The molecule has 0 heterocycles. The van der Waals surface area contributed by atoms with Gasteiger partial charge in [0.2, 0.25) is 10.0 Å². The summed E-state index contributed by atoms with van der Waals surface area (Å²) in [4.78, 5) is -0.231. The SMILES string of the molecule is CCCN(C1CC1)S(=O)(=O)c1ccc(Br)cc1F. The Morgan fingerprint density at radius 3 is 2.61 bits per heavy atom. The van der Waals surface area contributed by atoms with E-state index in [1.165, 1.54) is 16.4 Å². The van der Waals surface area contributed by atoms with Crippen LogP contribution in [0.5, 0.6) is 0 Å². The van der Waals surface area contributed by atoms with E-state index >= 15 is 0 Å². The Bertz CT molecular complexity index is 543. The topological polar surface area (TPSA) is 37.4 Å². The minimum Gasteiger partial charge on any atom is -0.207 e. The Balaban J connectivity index is 2.39. The summed E-state index contributed by atoms with van der Waals surface area (Å²) in [6, 6.07) is 4.11. The summed E-state index contributed by atoms with van der Waals surface area (Å²) in [7, 11) is -3.71. The summed E-state index contributed by atoms with van der Waals surface area (Å²) < 4.78 is 40.6. The van der Waals surface area contributed by atoms with E-state index in [1.54, 1.807) is 6.07 Å². The Labute approximate surface area is 115 Å². The van der Waals surface area contributed by atoms with Crippen LogP contribution in [0.15, 0.2) is 27.6 Å². The van der Waals surface area contributed by atoms with E-state index in [-0.39, 0.29) is 10.9 Å². The zero-order valence-corrected chi connectivity index (χ0v) is 12.5. The first-order chi connectivity index (χ1) is 8.46. The Kier molecular flexibility index (Phi) is 4.08. The molecule has 0 radical (unpaired) electrons. The number of benzene rings is 1. The van der Waals surface area contributed by atoms with E-state index in [0.717, 1.165) is 19.3 Å². The number of hydrogen-bond acceptors (Lipinski definition) is 2. The molecule has 0 amide bonds. The van der Waals surface area contributed by atoms with E-state index in [9.17, 15) is 12.8 Å². The van der Waals surface area contributed by atoms with Crippen LogP contribution < -0.4 is 0 Å². The van der Waals surface area contributed by atoms with Gasteiger partial charge >= 0.3 is 0 Å². The van der Waals surface area contributed by atoms with Crippen molar-refractivity contribution in [2.24, 2.45) is 0 Å². The Morgan fingerprint density at radius 1 is 1.44 bits per heavy atom. The maximum absolute atomic E-state index is 13.8. The molecule has 1 aliphatic rings. The smallest absolute Gasteiger partial charge is 0.207 e. The van der Waals surface area contributed by atoms with Crippen molar-refractivity contribution in [2.45, 2.75) is 37.1 Å². The van der Waals surface area contributed by atoms with Crippen molar-refractivity contribution in [2.75, 3.05) is 6.54 Å². The van der Waals surface area contributed by atoms with Crippen LogP contribution in [0, 0.1) is 5.82 Å². The molecule has 100 valence electrons. The molecule has 1 fully saturated rings. The molecule has 2 rings (SSSR count). The zero-order chi connectivity index (χ0) is 13.3. The highest BCUT2D eigenvalue weighted by Crippen LogP contribution is 2.33. The second-order valence-corrected chi connectivity index (χ2v) is 7.20. The van der Waals surface area contributed by atoms with Gasteiger partial charge in [-0.2, -0.15) is 4.31 Å². The normalized spacial score (nSPS) is 16.2. The molecular formula is C12H15BrFNO2S. The highest BCUT2D eigenvalue weighted by atomic mass is 79.9. The molecule has 0 aliphatic heterocycles. The van der Waals surface area contributed by atoms with E-state index in [2.05, 4.69) is 15.9 Å². The van der Waals surface area contributed by atoms with Gasteiger partial charge in [-0.05, 0) is 37.5 Å². The molecule has 6 heteroatoms. The van der Waals surface area contributed by atoms with Crippen LogP contribution >= 0.6 is 15.9 Å². The molecule has 0 aromatic heterocycles. The minimum absolute atomic E-state index is 0.0537. The molecule has 0 saturated heterocycles. The lowest BCUT2D eigenvalue weighted by Gasteiger charge is -2.21. The Morgan fingerprint density at radius 2 is 2.11 bits per heavy atom. The number of hydrogen-bond donors (Lipinski definition) is 0. The minimum atomic E-state index is -3.71. The predicted molar refractivity (Wildman–Crippen MR) is 71.3 cm³/mol. The van der Waals surface area contributed by atoms with Crippen molar-refractivity contribution >= 4 is 26.0 Å². The molecule has 1 aromatic carbocycles. The number of nitrogens with zero attached hydrogens (tertiary/aromatic N) is 1. The van der Waals surface area contributed by atoms with Crippen molar-refractivity contribution in [1.82, 2.24) is 4.31 Å². The predicted octanol–water partition coefficient (Wildman–Crippen LogP) is 3.15. The molecule has 0 spiro atoms. The monoisotopic (exact) mass is 335 g/mol. The molecule has 0 bridgehead atoms. The van der Waals surface area contributed by atoms with Crippen LogP contribution in [0.2, 0.25) is 0 Å². The summed E-state index contributed by atoms with van der Waals surface area (Å²) in [6.07, 6.45) is 2.47. The molecule has 1 aromatic rings. The van der Waals surface area contributed by atoms with Gasteiger partial charge in [-0.15, -0.1) is 0 Å². The molecule has 0 atom stereocenters. The van der Waals surface area contributed by atoms with Crippen LogP contribution in [0.1, 0.15) is 26.2 Å². The van der Waals surface area contributed by atoms with E-state index in [4.69, 9.17) is 0 Å². The molecule has 18 heavy (non-hydrogen) atoms. The second kappa shape index (κ2) is 5.27. The standard InChI is InChI=1S/C12H15BrFNO2S/c1-2-7-15(10-4-5-10)18(16,17)12-6-3-9(13)8-11(12)14/h3,6,8,10H,2,4-5,7H2,1H3. The van der Waals surface area contributed by atoms with Crippen LogP contribution in [0.3, 0.4) is 0 Å². The zero-order valence-electron chi connectivity index (χ0n) is 10.1. The summed E-state index contributed by atoms with van der Waals surface area (Å²) in [5.74, 6) is -0.703. The first kappa shape index (κ1) is 14.0. The van der Waals surface area contributed by atoms with Gasteiger partial charge in [-0.25, -0.2) is 12.8 Å². The van der Waals surface area contributed by atoms with Gasteiger partial charge in [0.1, 0.15) is 10.7 Å². The highest BCUT2D eigenvalue weighted by molar-refractivity contribution is 9.10. The average molecular weight is 336 g/mol. The largest absolute Gasteiger partial charge is 0.246 e. The van der Waals surface area contributed by atoms with Crippen LogP contribution in [-0.2, 0) is 10.0 Å². The van der Waals surface area contributed by atoms with Crippen molar-refractivity contribution in [3.63, 3.8) is 0 Å². The van der Waals surface area contributed by atoms with E-state index < -0.39 is 15.8 Å². The fourth-order valence-corrected chi connectivity index (χ4v) is 4.05. The Hall–Kier alpha value is -0.460. The van der Waals surface area contributed by atoms with Crippen molar-refractivity contribution in [3.8, 4) is 0 Å². The lowest BCUT2D eigenvalue weighted by Crippen LogP contribution is -2.34. The molecular weight excluding hydrogens is 321 g/mol. The van der Waals surface area contributed by atoms with Crippen molar-refractivity contribution in [3.05, 3.63) is 28.5 Å². The van der Waals surface area contributed by atoms with Crippen LogP contribution in [0.4, 0.5) is 4.39 Å². The van der Waals surface area contributed by atoms with Gasteiger partial charge in [0, 0.05) is 17.1 Å². The fourth-order valence-electron chi connectivity index (χ4n) is 1.89. The third-order valence-corrected chi connectivity index (χ3v) is 5.36. The van der Waals surface area contributed by atoms with Crippen molar-refractivity contribution < 1.29 is 12.8 Å². The van der Waals surface area contributed by atoms with Crippen LogP contribution in [0.25, 0.3) is 0 Å². The lowest BCUT2D eigenvalue weighted by molar-refractivity contribution is 0.400. The molecule has 1 aliphatic carbocycles. The first-order valence-corrected chi connectivity index (χ1v) is 8.17. The maximum atomic E-state index is 13.8. The fraction of sp³-hybridized carbons (Fsp3) is 0.500.